The molecule has 2 heteroatoms. The van der Waals surface area contributed by atoms with Crippen molar-refractivity contribution in [1.29, 1.82) is 0 Å². The fourth-order valence-corrected chi connectivity index (χ4v) is 3.97. The van der Waals surface area contributed by atoms with Gasteiger partial charge in [0.1, 0.15) is 11.4 Å². The van der Waals surface area contributed by atoms with Crippen molar-refractivity contribution in [2.75, 3.05) is 6.61 Å². The van der Waals surface area contributed by atoms with Crippen LogP contribution in [0.4, 0.5) is 0 Å². The Labute approximate surface area is 164 Å². The van der Waals surface area contributed by atoms with E-state index in [1.165, 1.54) is 16.7 Å². The molecule has 2 unspecified atom stereocenters. The van der Waals surface area contributed by atoms with E-state index < -0.39 is 0 Å². The Morgan fingerprint density at radius 3 is 2.00 bits per heavy atom. The first-order valence-electron chi connectivity index (χ1n) is 10.4. The summed E-state index contributed by atoms with van der Waals surface area (Å²) in [4.78, 5) is 0. The van der Waals surface area contributed by atoms with Crippen molar-refractivity contribution in [2.24, 2.45) is 0 Å². The maximum absolute atomic E-state index is 6.55. The molecule has 1 aliphatic heterocycles. The zero-order chi connectivity index (χ0) is 19.5. The van der Waals surface area contributed by atoms with Gasteiger partial charge >= 0.3 is 0 Å². The van der Waals surface area contributed by atoms with Gasteiger partial charge in [-0.25, -0.2) is 0 Å². The van der Waals surface area contributed by atoms with E-state index in [4.69, 9.17) is 9.47 Å². The van der Waals surface area contributed by atoms with Crippen LogP contribution < -0.4 is 4.74 Å². The maximum Gasteiger partial charge on any atom is 0.120 e. The number of ether oxygens (including phenoxy) is 2. The minimum atomic E-state index is -0.107. The van der Waals surface area contributed by atoms with Gasteiger partial charge < -0.3 is 9.47 Å². The molecule has 0 aliphatic carbocycles. The van der Waals surface area contributed by atoms with Crippen molar-refractivity contribution >= 4 is 0 Å². The van der Waals surface area contributed by atoms with Crippen LogP contribution in [0.25, 0.3) is 0 Å². The quantitative estimate of drug-likeness (QED) is 0.476. The molecule has 0 aromatic heterocycles. The summed E-state index contributed by atoms with van der Waals surface area (Å²) in [5.41, 5.74) is 3.80. The largest absolute Gasteiger partial charge is 0.487 e. The summed E-state index contributed by atoms with van der Waals surface area (Å²) in [6, 6.07) is 17.6. The molecule has 0 saturated carbocycles. The normalized spacial score (nSPS) is 18.8. The fourth-order valence-electron chi connectivity index (χ4n) is 3.97. The molecule has 27 heavy (non-hydrogen) atoms. The highest BCUT2D eigenvalue weighted by atomic mass is 16.6. The van der Waals surface area contributed by atoms with Crippen LogP contribution in [0.1, 0.15) is 70.1 Å². The van der Waals surface area contributed by atoms with Crippen molar-refractivity contribution < 1.29 is 9.47 Å². The average Bonchev–Trinajstić information content (AvgIpc) is 3.46. The summed E-state index contributed by atoms with van der Waals surface area (Å²) in [7, 11) is 0. The molecule has 2 aromatic carbocycles. The van der Waals surface area contributed by atoms with Gasteiger partial charge in [0.2, 0.25) is 0 Å². The molecule has 2 atom stereocenters. The highest BCUT2D eigenvalue weighted by molar-refractivity contribution is 5.40. The molecule has 1 heterocycles. The van der Waals surface area contributed by atoms with Crippen molar-refractivity contribution in [2.45, 2.75) is 77.4 Å². The second-order valence-corrected chi connectivity index (χ2v) is 8.56. The molecule has 1 fully saturated rings. The predicted octanol–water partition coefficient (Wildman–Crippen LogP) is 6.44. The molecule has 0 bridgehead atoms. The standard InChI is InChI=1S/C25H34O2/c1-6-16-25(7-2,17-23-18-26-23)27-22-14-12-21(13-15-22)24(4,5)20-10-8-19(3)9-11-20/h8-15,23H,6-7,16-18H2,1-5H3. The molecular weight excluding hydrogens is 332 g/mol. The molecule has 0 N–H and O–H groups in total. The Bertz CT molecular complexity index is 726. The van der Waals surface area contributed by atoms with Gasteiger partial charge in [-0.3, -0.25) is 0 Å². The molecule has 2 aromatic rings. The van der Waals surface area contributed by atoms with Gasteiger partial charge in [-0.1, -0.05) is 76.1 Å². The van der Waals surface area contributed by atoms with Gasteiger partial charge in [0.05, 0.1) is 12.7 Å². The van der Waals surface area contributed by atoms with Gasteiger partial charge in [0.15, 0.2) is 0 Å². The van der Waals surface area contributed by atoms with Gasteiger partial charge in [0.25, 0.3) is 0 Å². The molecule has 0 radical (unpaired) electrons. The van der Waals surface area contributed by atoms with E-state index in [2.05, 4.69) is 83.1 Å². The van der Waals surface area contributed by atoms with Crippen LogP contribution in [0.2, 0.25) is 0 Å². The Morgan fingerprint density at radius 2 is 1.52 bits per heavy atom. The second-order valence-electron chi connectivity index (χ2n) is 8.56. The van der Waals surface area contributed by atoms with Crippen LogP contribution in [-0.4, -0.2) is 18.3 Å². The van der Waals surface area contributed by atoms with Crippen LogP contribution in [-0.2, 0) is 10.2 Å². The topological polar surface area (TPSA) is 21.8 Å². The number of hydrogen-bond donors (Lipinski definition) is 0. The summed E-state index contributed by atoms with van der Waals surface area (Å²) in [5, 5.41) is 0. The lowest BCUT2D eigenvalue weighted by molar-refractivity contribution is 0.0377. The van der Waals surface area contributed by atoms with Crippen molar-refractivity contribution in [3.8, 4) is 5.75 Å². The van der Waals surface area contributed by atoms with E-state index >= 15 is 0 Å². The Morgan fingerprint density at radius 1 is 0.963 bits per heavy atom. The lowest BCUT2D eigenvalue weighted by Gasteiger charge is -2.34. The SMILES string of the molecule is CCCC(CC)(CC1CO1)Oc1ccc(C(C)(C)c2ccc(C)cc2)cc1. The van der Waals surface area contributed by atoms with E-state index in [1.54, 1.807) is 0 Å². The average molecular weight is 367 g/mol. The molecule has 1 aliphatic rings. The first-order chi connectivity index (χ1) is 12.9. The number of benzene rings is 2. The summed E-state index contributed by atoms with van der Waals surface area (Å²) in [6.07, 6.45) is 4.58. The smallest absolute Gasteiger partial charge is 0.120 e. The number of hydrogen-bond acceptors (Lipinski definition) is 2. The summed E-state index contributed by atoms with van der Waals surface area (Å²) in [5.74, 6) is 0.967. The van der Waals surface area contributed by atoms with Crippen LogP contribution in [0, 0.1) is 6.92 Å². The summed E-state index contributed by atoms with van der Waals surface area (Å²) in [6.45, 7) is 12.0. The first-order valence-corrected chi connectivity index (χ1v) is 10.4. The van der Waals surface area contributed by atoms with Gasteiger partial charge in [-0.2, -0.15) is 0 Å². The fraction of sp³-hybridized carbons (Fsp3) is 0.520. The zero-order valence-electron chi connectivity index (χ0n) is 17.5. The van der Waals surface area contributed by atoms with Crippen LogP contribution in [0.5, 0.6) is 5.75 Å². The maximum atomic E-state index is 6.55. The van der Waals surface area contributed by atoms with Crippen LogP contribution in [0.15, 0.2) is 48.5 Å². The Hall–Kier alpha value is -1.80. The van der Waals surface area contributed by atoms with Crippen LogP contribution >= 0.6 is 0 Å². The van der Waals surface area contributed by atoms with Crippen molar-refractivity contribution in [3.05, 3.63) is 65.2 Å². The predicted molar refractivity (Wildman–Crippen MR) is 113 cm³/mol. The van der Waals surface area contributed by atoms with Gasteiger partial charge in [-0.15, -0.1) is 0 Å². The van der Waals surface area contributed by atoms with Gasteiger partial charge in [0, 0.05) is 11.8 Å². The Kier molecular flexibility index (Phi) is 5.95. The van der Waals surface area contributed by atoms with E-state index in [-0.39, 0.29) is 11.0 Å². The third-order valence-corrected chi connectivity index (χ3v) is 6.04. The van der Waals surface area contributed by atoms with Crippen molar-refractivity contribution in [3.63, 3.8) is 0 Å². The third-order valence-electron chi connectivity index (χ3n) is 6.04. The molecule has 1 saturated heterocycles. The number of rotatable bonds is 9. The number of aryl methyl sites for hydroxylation is 1. The zero-order valence-corrected chi connectivity index (χ0v) is 17.5. The Balaban J connectivity index is 1.78. The lowest BCUT2D eigenvalue weighted by Crippen LogP contribution is -2.37. The summed E-state index contributed by atoms with van der Waals surface area (Å²) >= 11 is 0. The minimum Gasteiger partial charge on any atom is -0.487 e. The number of epoxide rings is 1. The summed E-state index contributed by atoms with van der Waals surface area (Å²) < 4.78 is 12.0. The molecular formula is C25H34O2. The molecule has 0 spiro atoms. The van der Waals surface area contributed by atoms with E-state index in [1.807, 2.05) is 0 Å². The van der Waals surface area contributed by atoms with E-state index in [9.17, 15) is 0 Å². The lowest BCUT2D eigenvalue weighted by atomic mass is 9.78. The van der Waals surface area contributed by atoms with Crippen LogP contribution in [0.3, 0.4) is 0 Å². The van der Waals surface area contributed by atoms with Gasteiger partial charge in [-0.05, 0) is 43.0 Å². The minimum absolute atomic E-state index is 0.0284. The molecule has 0 amide bonds. The molecule has 3 rings (SSSR count). The highest BCUT2D eigenvalue weighted by Crippen LogP contribution is 2.36. The highest BCUT2D eigenvalue weighted by Gasteiger charge is 2.38. The molecule has 2 nitrogen and oxygen atoms in total. The first kappa shape index (κ1) is 19.9. The van der Waals surface area contributed by atoms with E-state index in [0.29, 0.717) is 6.10 Å². The second kappa shape index (κ2) is 8.06. The van der Waals surface area contributed by atoms with Crippen molar-refractivity contribution in [1.82, 2.24) is 0 Å². The molecule has 146 valence electrons. The third kappa shape index (κ3) is 4.73. The van der Waals surface area contributed by atoms with E-state index in [0.717, 1.165) is 38.0 Å². The monoisotopic (exact) mass is 366 g/mol.